The van der Waals surface area contributed by atoms with E-state index in [0.29, 0.717) is 0 Å². The van der Waals surface area contributed by atoms with Crippen LogP contribution in [0.15, 0.2) is 9.98 Å². The Morgan fingerprint density at radius 1 is 1.11 bits per heavy atom. The van der Waals surface area contributed by atoms with Crippen LogP contribution in [-0.2, 0) is 0 Å². The van der Waals surface area contributed by atoms with E-state index in [4.69, 9.17) is 0 Å². The van der Waals surface area contributed by atoms with Gasteiger partial charge in [-0.05, 0) is 0 Å². The highest BCUT2D eigenvalue weighted by Crippen LogP contribution is 1.90. The van der Waals surface area contributed by atoms with Crippen LogP contribution in [0.25, 0.3) is 0 Å². The van der Waals surface area contributed by atoms with E-state index in [1.807, 2.05) is 0 Å². The van der Waals surface area contributed by atoms with Gasteiger partial charge in [-0.3, -0.25) is 20.8 Å². The maximum absolute atomic E-state index is 3.95. The van der Waals surface area contributed by atoms with Gasteiger partial charge in [-0.2, -0.15) is 0 Å². The van der Waals surface area contributed by atoms with E-state index in [2.05, 4.69) is 20.8 Å². The molecule has 0 amide bonds. The molecule has 1 aliphatic rings. The average molecular weight is 126 g/mol. The molecule has 0 aromatic heterocycles. The first-order valence-electron chi connectivity index (χ1n) is 2.80. The van der Waals surface area contributed by atoms with Crippen molar-refractivity contribution in [3.63, 3.8) is 0 Å². The van der Waals surface area contributed by atoms with Crippen molar-refractivity contribution in [3.8, 4) is 0 Å². The van der Waals surface area contributed by atoms with Gasteiger partial charge in [0.2, 0.25) is 0 Å². The predicted octanol–water partition coefficient (Wildman–Crippen LogP) is -0.459. The average Bonchev–Trinajstić information content (AvgIpc) is 2.34. The van der Waals surface area contributed by atoms with E-state index >= 15 is 0 Å². The third-order valence-electron chi connectivity index (χ3n) is 1.23. The van der Waals surface area contributed by atoms with E-state index in [9.17, 15) is 0 Å². The molecule has 0 aliphatic carbocycles. The zero-order valence-corrected chi connectivity index (χ0v) is 5.60. The smallest absolute Gasteiger partial charge is 0.122 e. The molecule has 1 aliphatic heterocycles. The minimum absolute atomic E-state index is 0.799. The topological polar surface area (TPSA) is 48.8 Å². The van der Waals surface area contributed by atoms with Crippen LogP contribution < -0.4 is 10.9 Å². The summed E-state index contributed by atoms with van der Waals surface area (Å²) in [6.07, 6.45) is 0.799. The second-order valence-electron chi connectivity index (χ2n) is 1.77. The zero-order valence-electron chi connectivity index (χ0n) is 5.60. The van der Waals surface area contributed by atoms with Crippen LogP contribution >= 0.6 is 0 Å². The predicted molar refractivity (Wildman–Crippen MR) is 37.6 cm³/mol. The number of amidine groups is 2. The summed E-state index contributed by atoms with van der Waals surface area (Å²) in [6.45, 7) is 0. The van der Waals surface area contributed by atoms with Crippen LogP contribution in [0, 0.1) is 0 Å². The summed E-state index contributed by atoms with van der Waals surface area (Å²) in [5, 5.41) is 0. The van der Waals surface area contributed by atoms with Gasteiger partial charge in [-0.15, -0.1) is 0 Å². The Hall–Kier alpha value is -1.06. The summed E-state index contributed by atoms with van der Waals surface area (Å²) < 4.78 is 0. The Morgan fingerprint density at radius 2 is 1.56 bits per heavy atom. The van der Waals surface area contributed by atoms with Crippen molar-refractivity contribution < 1.29 is 0 Å². The molecule has 0 bridgehead atoms. The molecule has 1 fully saturated rings. The van der Waals surface area contributed by atoms with E-state index in [1.54, 1.807) is 14.1 Å². The summed E-state index contributed by atoms with van der Waals surface area (Å²) in [5.74, 6) is 1.88. The SMILES string of the molecule is CN=C1CC(=NC)NN1. The van der Waals surface area contributed by atoms with Crippen molar-refractivity contribution >= 4 is 11.7 Å². The van der Waals surface area contributed by atoms with E-state index in [0.717, 1.165) is 18.1 Å². The molecule has 0 spiro atoms. The molecule has 0 saturated carbocycles. The monoisotopic (exact) mass is 126 g/mol. The van der Waals surface area contributed by atoms with Crippen molar-refractivity contribution in [2.75, 3.05) is 14.1 Å². The van der Waals surface area contributed by atoms with Gasteiger partial charge in [0.1, 0.15) is 11.7 Å². The fourth-order valence-electron chi connectivity index (χ4n) is 0.661. The molecule has 50 valence electrons. The highest BCUT2D eigenvalue weighted by molar-refractivity contribution is 6.07. The number of hydrazine groups is 1. The lowest BCUT2D eigenvalue weighted by Crippen LogP contribution is -2.28. The maximum Gasteiger partial charge on any atom is 0.122 e. The van der Waals surface area contributed by atoms with Crippen LogP contribution in [0.4, 0.5) is 0 Å². The molecule has 0 aromatic rings. The summed E-state index contributed by atoms with van der Waals surface area (Å²) >= 11 is 0. The van der Waals surface area contributed by atoms with Gasteiger partial charge in [-0.1, -0.05) is 0 Å². The summed E-state index contributed by atoms with van der Waals surface area (Å²) in [6, 6.07) is 0. The summed E-state index contributed by atoms with van der Waals surface area (Å²) in [5.41, 5.74) is 5.75. The van der Waals surface area contributed by atoms with Crippen molar-refractivity contribution in [2.24, 2.45) is 9.98 Å². The van der Waals surface area contributed by atoms with Crippen LogP contribution in [0.3, 0.4) is 0 Å². The molecule has 0 unspecified atom stereocenters. The first-order valence-corrected chi connectivity index (χ1v) is 2.80. The van der Waals surface area contributed by atoms with Crippen molar-refractivity contribution in [1.82, 2.24) is 10.9 Å². The largest absolute Gasteiger partial charge is 0.287 e. The molecule has 0 radical (unpaired) electrons. The zero-order chi connectivity index (χ0) is 6.69. The standard InChI is InChI=1S/C5H10N4/c1-6-4-3-5(7-2)9-8-4/h3H2,1-2H3,(H,6,8)(H,7,9). The third kappa shape index (κ3) is 1.19. The van der Waals surface area contributed by atoms with Gasteiger partial charge in [0.05, 0.1) is 6.42 Å². The highest BCUT2D eigenvalue weighted by Gasteiger charge is 2.10. The minimum Gasteiger partial charge on any atom is -0.287 e. The van der Waals surface area contributed by atoms with E-state index in [-0.39, 0.29) is 0 Å². The van der Waals surface area contributed by atoms with Crippen LogP contribution in [0.1, 0.15) is 6.42 Å². The van der Waals surface area contributed by atoms with Gasteiger partial charge in [0.25, 0.3) is 0 Å². The number of hydrogen-bond acceptors (Lipinski definition) is 2. The Kier molecular flexibility index (Phi) is 1.67. The van der Waals surface area contributed by atoms with Crippen LogP contribution in [0.5, 0.6) is 0 Å². The quantitative estimate of drug-likeness (QED) is 0.461. The van der Waals surface area contributed by atoms with E-state index in [1.165, 1.54) is 0 Å². The first-order chi connectivity index (χ1) is 4.36. The van der Waals surface area contributed by atoms with Gasteiger partial charge in [-0.25, -0.2) is 0 Å². The van der Waals surface area contributed by atoms with Crippen LogP contribution in [-0.4, -0.2) is 25.8 Å². The van der Waals surface area contributed by atoms with Crippen molar-refractivity contribution in [1.29, 1.82) is 0 Å². The fraction of sp³-hybridized carbons (Fsp3) is 0.600. The maximum atomic E-state index is 3.95. The lowest BCUT2D eigenvalue weighted by Gasteiger charge is -1.91. The molecule has 0 aromatic carbocycles. The molecule has 4 nitrogen and oxygen atoms in total. The van der Waals surface area contributed by atoms with Crippen LogP contribution in [0.2, 0.25) is 0 Å². The molecular weight excluding hydrogens is 116 g/mol. The molecule has 9 heavy (non-hydrogen) atoms. The molecule has 0 atom stereocenters. The molecular formula is C5H10N4. The number of nitrogens with zero attached hydrogens (tertiary/aromatic N) is 2. The number of aliphatic imine (C=N–C) groups is 2. The summed E-state index contributed by atoms with van der Waals surface area (Å²) in [4.78, 5) is 7.90. The summed E-state index contributed by atoms with van der Waals surface area (Å²) in [7, 11) is 3.51. The lowest BCUT2D eigenvalue weighted by atomic mass is 10.4. The number of hydrogen-bond donors (Lipinski definition) is 2. The van der Waals surface area contributed by atoms with Crippen molar-refractivity contribution in [2.45, 2.75) is 6.42 Å². The van der Waals surface area contributed by atoms with Crippen molar-refractivity contribution in [3.05, 3.63) is 0 Å². The lowest BCUT2D eigenvalue weighted by molar-refractivity contribution is 0.896. The normalized spacial score (nSPS) is 26.4. The third-order valence-corrected chi connectivity index (χ3v) is 1.23. The fourth-order valence-corrected chi connectivity index (χ4v) is 0.661. The Bertz CT molecular complexity index is 140. The minimum atomic E-state index is 0.799. The first kappa shape index (κ1) is 6.07. The Balaban J connectivity index is 2.57. The molecule has 4 heteroatoms. The van der Waals surface area contributed by atoms with Gasteiger partial charge in [0, 0.05) is 14.1 Å². The molecule has 1 heterocycles. The van der Waals surface area contributed by atoms with Gasteiger partial charge < -0.3 is 0 Å². The number of rotatable bonds is 0. The molecule has 2 N–H and O–H groups in total. The second-order valence-corrected chi connectivity index (χ2v) is 1.77. The van der Waals surface area contributed by atoms with Gasteiger partial charge >= 0.3 is 0 Å². The highest BCUT2D eigenvalue weighted by atomic mass is 15.4. The van der Waals surface area contributed by atoms with E-state index < -0.39 is 0 Å². The molecule has 1 rings (SSSR count). The molecule has 1 saturated heterocycles. The number of nitrogens with one attached hydrogen (secondary N) is 2. The second kappa shape index (κ2) is 2.48. The Morgan fingerprint density at radius 3 is 1.78 bits per heavy atom. The Labute approximate surface area is 54.1 Å². The van der Waals surface area contributed by atoms with Gasteiger partial charge in [0.15, 0.2) is 0 Å².